The second-order valence-electron chi connectivity index (χ2n) is 3.42. The average Bonchev–Trinajstić information content (AvgIpc) is 2.49. The van der Waals surface area contributed by atoms with Crippen LogP contribution in [0.2, 0.25) is 5.02 Å². The molecule has 0 radical (unpaired) electrons. The van der Waals surface area contributed by atoms with Crippen molar-refractivity contribution in [3.05, 3.63) is 16.9 Å². The molecule has 0 fully saturated rings. The summed E-state index contributed by atoms with van der Waals surface area (Å²) in [5.74, 6) is 0. The fourth-order valence-electron chi connectivity index (χ4n) is 1.44. The van der Waals surface area contributed by atoms with Gasteiger partial charge < -0.3 is 5.32 Å². The van der Waals surface area contributed by atoms with E-state index in [4.69, 9.17) is 11.6 Å². The minimum Gasteiger partial charge on any atom is -0.312 e. The largest absolute Gasteiger partial charge is 0.312 e. The lowest BCUT2D eigenvalue weighted by atomic mass is 10.2. The molecular formula is C10H18ClN3. The van der Waals surface area contributed by atoms with Gasteiger partial charge in [-0.3, -0.25) is 4.68 Å². The molecule has 0 spiro atoms. The Hall–Kier alpha value is -0.540. The van der Waals surface area contributed by atoms with Crippen LogP contribution in [0.1, 0.15) is 26.0 Å². The lowest BCUT2D eigenvalue weighted by Gasteiger charge is -2.16. The van der Waals surface area contributed by atoms with Gasteiger partial charge in [0, 0.05) is 6.04 Å². The Morgan fingerprint density at radius 3 is 2.71 bits per heavy atom. The summed E-state index contributed by atoms with van der Waals surface area (Å²) in [6, 6.07) is 0.481. The second-order valence-corrected chi connectivity index (χ2v) is 3.83. The van der Waals surface area contributed by atoms with Crippen molar-refractivity contribution in [2.24, 2.45) is 0 Å². The maximum atomic E-state index is 5.93. The van der Waals surface area contributed by atoms with Gasteiger partial charge in [0.15, 0.2) is 0 Å². The van der Waals surface area contributed by atoms with Gasteiger partial charge in [-0.1, -0.05) is 25.4 Å². The van der Waals surface area contributed by atoms with E-state index in [0.29, 0.717) is 6.04 Å². The lowest BCUT2D eigenvalue weighted by Crippen LogP contribution is -2.33. The van der Waals surface area contributed by atoms with Crippen LogP contribution in [0, 0.1) is 6.92 Å². The molecule has 0 bridgehead atoms. The summed E-state index contributed by atoms with van der Waals surface area (Å²) in [7, 11) is 0. The van der Waals surface area contributed by atoms with Gasteiger partial charge in [-0.25, -0.2) is 0 Å². The van der Waals surface area contributed by atoms with Crippen molar-refractivity contribution in [1.29, 1.82) is 0 Å². The molecule has 3 nitrogen and oxygen atoms in total. The molecule has 14 heavy (non-hydrogen) atoms. The Kier molecular flexibility index (Phi) is 4.42. The van der Waals surface area contributed by atoms with Gasteiger partial charge in [0.25, 0.3) is 0 Å². The first-order valence-electron chi connectivity index (χ1n) is 5.10. The van der Waals surface area contributed by atoms with E-state index < -0.39 is 0 Å². The predicted molar refractivity (Wildman–Crippen MR) is 59.7 cm³/mol. The molecule has 0 saturated heterocycles. The van der Waals surface area contributed by atoms with E-state index >= 15 is 0 Å². The number of hydrogen-bond donors (Lipinski definition) is 1. The Labute approximate surface area is 90.4 Å². The zero-order chi connectivity index (χ0) is 10.6. The molecule has 1 aromatic heterocycles. The Morgan fingerprint density at radius 2 is 2.29 bits per heavy atom. The van der Waals surface area contributed by atoms with E-state index in [0.717, 1.165) is 30.2 Å². The Morgan fingerprint density at radius 1 is 1.57 bits per heavy atom. The van der Waals surface area contributed by atoms with Gasteiger partial charge in [0.2, 0.25) is 0 Å². The van der Waals surface area contributed by atoms with Crippen LogP contribution in [-0.2, 0) is 6.54 Å². The van der Waals surface area contributed by atoms with E-state index in [1.54, 1.807) is 6.20 Å². The van der Waals surface area contributed by atoms with Gasteiger partial charge in [-0.2, -0.15) is 5.10 Å². The highest BCUT2D eigenvalue weighted by molar-refractivity contribution is 6.31. The first kappa shape index (κ1) is 11.5. The van der Waals surface area contributed by atoms with Crippen LogP contribution in [0.4, 0.5) is 0 Å². The highest BCUT2D eigenvalue weighted by Crippen LogP contribution is 2.13. The minimum atomic E-state index is 0.481. The van der Waals surface area contributed by atoms with Gasteiger partial charge in [0.05, 0.1) is 23.5 Å². The molecule has 1 rings (SSSR count). The molecule has 0 aliphatic rings. The molecule has 80 valence electrons. The molecule has 1 N–H and O–H groups in total. The van der Waals surface area contributed by atoms with E-state index in [1.165, 1.54) is 0 Å². The number of likely N-dealkylation sites (N-methyl/N-ethyl adjacent to an activating group) is 1. The molecule has 0 aromatic carbocycles. The van der Waals surface area contributed by atoms with Crippen molar-refractivity contribution < 1.29 is 0 Å². The van der Waals surface area contributed by atoms with Crippen LogP contribution in [0.15, 0.2) is 6.20 Å². The van der Waals surface area contributed by atoms with Crippen molar-refractivity contribution in [2.45, 2.75) is 39.8 Å². The van der Waals surface area contributed by atoms with Crippen molar-refractivity contribution >= 4 is 11.6 Å². The fraction of sp³-hybridized carbons (Fsp3) is 0.700. The van der Waals surface area contributed by atoms with Crippen LogP contribution in [-0.4, -0.2) is 22.4 Å². The molecule has 0 aliphatic heterocycles. The molecule has 1 heterocycles. The van der Waals surface area contributed by atoms with Crippen molar-refractivity contribution in [3.8, 4) is 0 Å². The van der Waals surface area contributed by atoms with Crippen molar-refractivity contribution in [3.63, 3.8) is 0 Å². The van der Waals surface area contributed by atoms with Crippen LogP contribution in [0.25, 0.3) is 0 Å². The maximum Gasteiger partial charge on any atom is 0.0814 e. The minimum absolute atomic E-state index is 0.481. The molecular weight excluding hydrogens is 198 g/mol. The summed E-state index contributed by atoms with van der Waals surface area (Å²) in [6.45, 7) is 8.17. The topological polar surface area (TPSA) is 29.9 Å². The van der Waals surface area contributed by atoms with Crippen molar-refractivity contribution in [1.82, 2.24) is 15.1 Å². The predicted octanol–water partition coefficient (Wildman–Crippen LogP) is 2.23. The third kappa shape index (κ3) is 2.72. The second kappa shape index (κ2) is 5.37. The summed E-state index contributed by atoms with van der Waals surface area (Å²) in [6.07, 6.45) is 2.81. The molecule has 0 amide bonds. The molecule has 4 heteroatoms. The van der Waals surface area contributed by atoms with E-state index in [-0.39, 0.29) is 0 Å². The zero-order valence-corrected chi connectivity index (χ0v) is 9.80. The number of rotatable bonds is 5. The van der Waals surface area contributed by atoms with E-state index in [2.05, 4.69) is 24.3 Å². The first-order chi connectivity index (χ1) is 6.69. The monoisotopic (exact) mass is 215 g/mol. The Bertz CT molecular complexity index is 283. The highest BCUT2D eigenvalue weighted by atomic mass is 35.5. The van der Waals surface area contributed by atoms with Gasteiger partial charge in [0.1, 0.15) is 0 Å². The van der Waals surface area contributed by atoms with Crippen LogP contribution in [0.3, 0.4) is 0 Å². The fourth-order valence-corrected chi connectivity index (χ4v) is 1.58. The van der Waals surface area contributed by atoms with E-state index in [1.807, 2.05) is 11.6 Å². The molecule has 1 atom stereocenters. The normalized spacial score (nSPS) is 13.1. The van der Waals surface area contributed by atoms with Gasteiger partial charge in [-0.15, -0.1) is 0 Å². The smallest absolute Gasteiger partial charge is 0.0814 e. The average molecular weight is 216 g/mol. The highest BCUT2D eigenvalue weighted by Gasteiger charge is 2.09. The molecule has 0 saturated carbocycles. The van der Waals surface area contributed by atoms with Crippen molar-refractivity contribution in [2.75, 3.05) is 6.54 Å². The van der Waals surface area contributed by atoms with E-state index in [9.17, 15) is 0 Å². The summed E-state index contributed by atoms with van der Waals surface area (Å²) in [5.41, 5.74) is 1.04. The SMILES string of the molecule is CCNC(CC)Cn1ncc(Cl)c1C. The maximum absolute atomic E-state index is 5.93. The van der Waals surface area contributed by atoms with Crippen LogP contribution in [0.5, 0.6) is 0 Å². The van der Waals surface area contributed by atoms with Gasteiger partial charge >= 0.3 is 0 Å². The Balaban J connectivity index is 2.62. The number of hydrogen-bond acceptors (Lipinski definition) is 2. The van der Waals surface area contributed by atoms with Gasteiger partial charge in [-0.05, 0) is 19.9 Å². The number of nitrogens with one attached hydrogen (secondary N) is 1. The van der Waals surface area contributed by atoms with Crippen LogP contribution < -0.4 is 5.32 Å². The first-order valence-corrected chi connectivity index (χ1v) is 5.48. The third-order valence-corrected chi connectivity index (χ3v) is 2.79. The molecule has 0 aliphatic carbocycles. The number of halogens is 1. The quantitative estimate of drug-likeness (QED) is 0.817. The lowest BCUT2D eigenvalue weighted by molar-refractivity contribution is 0.419. The molecule has 1 aromatic rings. The number of aromatic nitrogens is 2. The summed E-state index contributed by atoms with van der Waals surface area (Å²) < 4.78 is 1.96. The molecule has 1 unspecified atom stereocenters. The summed E-state index contributed by atoms with van der Waals surface area (Å²) in [5, 5.41) is 8.39. The summed E-state index contributed by atoms with van der Waals surface area (Å²) >= 11 is 5.93. The van der Waals surface area contributed by atoms with Crippen LogP contribution >= 0.6 is 11.6 Å². The number of nitrogens with zero attached hydrogens (tertiary/aromatic N) is 2. The zero-order valence-electron chi connectivity index (χ0n) is 9.05. The third-order valence-electron chi connectivity index (χ3n) is 2.42. The standard InChI is InChI=1S/C10H18ClN3/c1-4-9(12-5-2)7-14-8(3)10(11)6-13-14/h6,9,12H,4-5,7H2,1-3H3. The summed E-state index contributed by atoms with van der Waals surface area (Å²) in [4.78, 5) is 0.